The van der Waals surface area contributed by atoms with E-state index in [2.05, 4.69) is 15.9 Å². The molecule has 0 fully saturated rings. The number of carbonyl (C=O) groups is 2. The smallest absolute Gasteiger partial charge is 0.410 e. The standard InChI is InChI=1S/C14H20BrNO4S/c1-14(2,3)20-13(18)16(4)10(12(17)19-5)8-9-6-7-21-11(9)15/h6-7,10H,8H2,1-5H3. The molecule has 1 atom stereocenters. The number of carbonyl (C=O) groups excluding carboxylic acids is 2. The number of methoxy groups -OCH3 is 1. The highest BCUT2D eigenvalue weighted by atomic mass is 79.9. The molecule has 1 amide bonds. The fourth-order valence-corrected chi connectivity index (χ4v) is 2.92. The van der Waals surface area contributed by atoms with Crippen molar-refractivity contribution in [1.82, 2.24) is 4.90 Å². The zero-order valence-electron chi connectivity index (χ0n) is 12.8. The van der Waals surface area contributed by atoms with E-state index >= 15 is 0 Å². The molecule has 1 unspecified atom stereocenters. The summed E-state index contributed by atoms with van der Waals surface area (Å²) in [5.41, 5.74) is 0.334. The second kappa shape index (κ2) is 7.26. The van der Waals surface area contributed by atoms with Crippen LogP contribution in [0.1, 0.15) is 26.3 Å². The molecule has 1 aromatic heterocycles. The Kier molecular flexibility index (Phi) is 6.22. The third-order valence-electron chi connectivity index (χ3n) is 2.73. The number of amides is 1. The van der Waals surface area contributed by atoms with Crippen LogP contribution >= 0.6 is 27.3 Å². The topological polar surface area (TPSA) is 55.8 Å². The summed E-state index contributed by atoms with van der Waals surface area (Å²) in [5, 5.41) is 1.92. The highest BCUT2D eigenvalue weighted by Crippen LogP contribution is 2.26. The summed E-state index contributed by atoms with van der Waals surface area (Å²) < 4.78 is 11.0. The summed E-state index contributed by atoms with van der Waals surface area (Å²) in [5.74, 6) is -0.471. The van der Waals surface area contributed by atoms with E-state index < -0.39 is 23.7 Å². The first-order chi connectivity index (χ1) is 9.65. The summed E-state index contributed by atoms with van der Waals surface area (Å²) in [6.45, 7) is 5.34. The normalized spacial score (nSPS) is 12.7. The number of halogens is 1. The lowest BCUT2D eigenvalue weighted by Gasteiger charge is -2.29. The molecular formula is C14H20BrNO4S. The van der Waals surface area contributed by atoms with Crippen molar-refractivity contribution >= 4 is 39.3 Å². The first kappa shape index (κ1) is 18.0. The van der Waals surface area contributed by atoms with Crippen LogP contribution in [-0.2, 0) is 20.7 Å². The number of rotatable bonds is 4. The molecule has 5 nitrogen and oxygen atoms in total. The van der Waals surface area contributed by atoms with Crippen LogP contribution in [0.4, 0.5) is 4.79 Å². The highest BCUT2D eigenvalue weighted by molar-refractivity contribution is 9.11. The number of esters is 1. The lowest BCUT2D eigenvalue weighted by Crippen LogP contribution is -2.46. The first-order valence-electron chi connectivity index (χ1n) is 6.41. The van der Waals surface area contributed by atoms with E-state index in [1.165, 1.54) is 30.4 Å². The first-order valence-corrected chi connectivity index (χ1v) is 8.08. The van der Waals surface area contributed by atoms with Crippen LogP contribution in [-0.4, -0.2) is 42.8 Å². The number of likely N-dealkylation sites (N-methyl/N-ethyl adjacent to an activating group) is 1. The molecule has 0 N–H and O–H groups in total. The molecule has 0 bridgehead atoms. The number of hydrogen-bond acceptors (Lipinski definition) is 5. The maximum absolute atomic E-state index is 12.1. The maximum atomic E-state index is 12.1. The van der Waals surface area contributed by atoms with Crippen molar-refractivity contribution in [3.63, 3.8) is 0 Å². The molecule has 0 radical (unpaired) electrons. The van der Waals surface area contributed by atoms with Crippen LogP contribution in [0.3, 0.4) is 0 Å². The Bertz CT molecular complexity index is 509. The molecule has 1 heterocycles. The Labute approximate surface area is 137 Å². The lowest BCUT2D eigenvalue weighted by molar-refractivity contribution is -0.146. The molecule has 118 valence electrons. The van der Waals surface area contributed by atoms with Gasteiger partial charge in [-0.25, -0.2) is 9.59 Å². The summed E-state index contributed by atoms with van der Waals surface area (Å²) in [6, 6.07) is 1.18. The van der Waals surface area contributed by atoms with E-state index in [1.54, 1.807) is 20.8 Å². The molecule has 21 heavy (non-hydrogen) atoms. The summed E-state index contributed by atoms with van der Waals surface area (Å²) in [6.07, 6.45) is -0.184. The molecule has 0 aliphatic rings. The second-order valence-corrected chi connectivity index (χ2v) is 7.79. The molecule has 1 rings (SSSR count). The fraction of sp³-hybridized carbons (Fsp3) is 0.571. The van der Waals surface area contributed by atoms with Gasteiger partial charge in [-0.1, -0.05) is 0 Å². The van der Waals surface area contributed by atoms with Crippen LogP contribution in [0.2, 0.25) is 0 Å². The van der Waals surface area contributed by atoms with Crippen LogP contribution in [0.15, 0.2) is 15.2 Å². The van der Waals surface area contributed by atoms with E-state index in [0.717, 1.165) is 9.35 Å². The van der Waals surface area contributed by atoms with E-state index in [1.807, 2.05) is 11.4 Å². The predicted molar refractivity (Wildman–Crippen MR) is 85.5 cm³/mol. The van der Waals surface area contributed by atoms with Gasteiger partial charge in [0, 0.05) is 13.5 Å². The Balaban J connectivity index is 2.89. The average molecular weight is 378 g/mol. The van der Waals surface area contributed by atoms with Crippen LogP contribution in [0, 0.1) is 0 Å². The minimum absolute atomic E-state index is 0.368. The monoisotopic (exact) mass is 377 g/mol. The minimum atomic E-state index is -0.726. The minimum Gasteiger partial charge on any atom is -0.467 e. The van der Waals surface area contributed by atoms with E-state index in [4.69, 9.17) is 9.47 Å². The van der Waals surface area contributed by atoms with Crippen LogP contribution in [0.5, 0.6) is 0 Å². The van der Waals surface area contributed by atoms with Gasteiger partial charge in [0.25, 0.3) is 0 Å². The van der Waals surface area contributed by atoms with E-state index in [9.17, 15) is 9.59 Å². The molecule has 0 saturated heterocycles. The largest absolute Gasteiger partial charge is 0.467 e. The van der Waals surface area contributed by atoms with Gasteiger partial charge in [-0.3, -0.25) is 4.90 Å². The zero-order valence-corrected chi connectivity index (χ0v) is 15.2. The Morgan fingerprint density at radius 2 is 2.05 bits per heavy atom. The molecular weight excluding hydrogens is 358 g/mol. The molecule has 7 heteroatoms. The van der Waals surface area contributed by atoms with Crippen molar-refractivity contribution in [2.75, 3.05) is 14.2 Å². The summed E-state index contributed by atoms with van der Waals surface area (Å²) in [7, 11) is 2.84. The lowest BCUT2D eigenvalue weighted by atomic mass is 10.1. The fourth-order valence-electron chi connectivity index (χ4n) is 1.65. The van der Waals surface area contributed by atoms with Crippen molar-refractivity contribution < 1.29 is 19.1 Å². The molecule has 1 aromatic rings. The molecule has 0 saturated carbocycles. The van der Waals surface area contributed by atoms with Gasteiger partial charge >= 0.3 is 12.1 Å². The van der Waals surface area contributed by atoms with Crippen molar-refractivity contribution in [3.8, 4) is 0 Å². The van der Waals surface area contributed by atoms with Crippen molar-refractivity contribution in [1.29, 1.82) is 0 Å². The predicted octanol–water partition coefficient (Wildman–Crippen LogP) is 3.46. The SMILES string of the molecule is COC(=O)C(Cc1ccsc1Br)N(C)C(=O)OC(C)(C)C. The van der Waals surface area contributed by atoms with E-state index in [0.29, 0.717) is 6.42 Å². The van der Waals surface area contributed by atoms with Crippen molar-refractivity contribution in [2.24, 2.45) is 0 Å². The van der Waals surface area contributed by atoms with Gasteiger partial charge in [-0.05, 0) is 53.7 Å². The average Bonchev–Trinajstić information content (AvgIpc) is 2.77. The third kappa shape index (κ3) is 5.32. The number of ether oxygens (including phenoxy) is 2. The quantitative estimate of drug-likeness (QED) is 0.753. The Morgan fingerprint density at radius 1 is 1.43 bits per heavy atom. The van der Waals surface area contributed by atoms with Gasteiger partial charge < -0.3 is 9.47 Å². The number of hydrogen-bond donors (Lipinski definition) is 0. The van der Waals surface area contributed by atoms with Crippen LogP contribution in [0.25, 0.3) is 0 Å². The van der Waals surface area contributed by atoms with Crippen molar-refractivity contribution in [3.05, 3.63) is 20.8 Å². The van der Waals surface area contributed by atoms with E-state index in [-0.39, 0.29) is 0 Å². The molecule has 0 aliphatic carbocycles. The Hall–Kier alpha value is -1.08. The maximum Gasteiger partial charge on any atom is 0.410 e. The van der Waals surface area contributed by atoms with Gasteiger partial charge in [0.2, 0.25) is 0 Å². The number of thiophene rings is 1. The molecule has 0 aromatic carbocycles. The van der Waals surface area contributed by atoms with Gasteiger partial charge in [0.05, 0.1) is 10.9 Å². The highest BCUT2D eigenvalue weighted by Gasteiger charge is 2.31. The van der Waals surface area contributed by atoms with Gasteiger partial charge in [0.15, 0.2) is 0 Å². The number of nitrogens with zero attached hydrogens (tertiary/aromatic N) is 1. The Morgan fingerprint density at radius 3 is 2.48 bits per heavy atom. The molecule has 0 spiro atoms. The zero-order chi connectivity index (χ0) is 16.2. The van der Waals surface area contributed by atoms with Crippen molar-refractivity contribution in [2.45, 2.75) is 38.8 Å². The van der Waals surface area contributed by atoms with Gasteiger partial charge in [-0.2, -0.15) is 0 Å². The third-order valence-corrected chi connectivity index (χ3v) is 4.54. The summed E-state index contributed by atoms with van der Waals surface area (Å²) in [4.78, 5) is 25.4. The van der Waals surface area contributed by atoms with Crippen LogP contribution < -0.4 is 0 Å². The second-order valence-electron chi connectivity index (χ2n) is 5.55. The van der Waals surface area contributed by atoms with Gasteiger partial charge in [-0.15, -0.1) is 11.3 Å². The summed E-state index contributed by atoms with van der Waals surface area (Å²) >= 11 is 4.96. The van der Waals surface area contributed by atoms with Gasteiger partial charge in [0.1, 0.15) is 11.6 Å². The molecule has 0 aliphatic heterocycles.